The second kappa shape index (κ2) is 6.59. The van der Waals surface area contributed by atoms with Crippen molar-refractivity contribution < 1.29 is 22.8 Å². The Morgan fingerprint density at radius 2 is 1.96 bits per heavy atom. The molecule has 0 unspecified atom stereocenters. The lowest BCUT2D eigenvalue weighted by Crippen LogP contribution is -2.50. The quantitative estimate of drug-likeness (QED) is 0.685. The number of imide groups is 1. The summed E-state index contributed by atoms with van der Waals surface area (Å²) in [7, 11) is -3.09. The number of amides is 4. The van der Waals surface area contributed by atoms with Gasteiger partial charge in [0.25, 0.3) is 5.91 Å². The van der Waals surface area contributed by atoms with Crippen LogP contribution in [0.1, 0.15) is 45.4 Å². The van der Waals surface area contributed by atoms with Gasteiger partial charge in [0.2, 0.25) is 5.91 Å². The maximum Gasteiger partial charge on any atom is 0.325 e. The SMILES string of the molecule is CCC1CCC2(CC1)NC(=O)N(CC(=O)N[C@H]1CCS(=O)(=O)C1)C2=O. The van der Waals surface area contributed by atoms with Crippen LogP contribution in [0.15, 0.2) is 0 Å². The third kappa shape index (κ3) is 3.65. The van der Waals surface area contributed by atoms with E-state index >= 15 is 0 Å². The molecule has 8 nitrogen and oxygen atoms in total. The average molecular weight is 371 g/mol. The molecule has 1 aliphatic carbocycles. The van der Waals surface area contributed by atoms with Crippen LogP contribution >= 0.6 is 0 Å². The molecule has 9 heteroatoms. The maximum absolute atomic E-state index is 12.7. The lowest BCUT2D eigenvalue weighted by Gasteiger charge is -2.34. The molecule has 0 aromatic heterocycles. The predicted octanol–water partition coefficient (Wildman–Crippen LogP) is 0.181. The third-order valence-corrected chi connectivity index (χ3v) is 7.45. The normalized spacial score (nSPS) is 34.4. The van der Waals surface area contributed by atoms with Crippen molar-refractivity contribution in [3.05, 3.63) is 0 Å². The molecule has 25 heavy (non-hydrogen) atoms. The van der Waals surface area contributed by atoms with Crippen LogP contribution in [-0.2, 0) is 19.4 Å². The van der Waals surface area contributed by atoms with Gasteiger partial charge in [-0.15, -0.1) is 0 Å². The number of rotatable bonds is 4. The zero-order chi connectivity index (χ0) is 18.2. The van der Waals surface area contributed by atoms with E-state index < -0.39 is 33.4 Å². The molecule has 0 aromatic rings. The van der Waals surface area contributed by atoms with Crippen molar-refractivity contribution in [2.75, 3.05) is 18.1 Å². The van der Waals surface area contributed by atoms with Gasteiger partial charge < -0.3 is 10.6 Å². The molecule has 2 N–H and O–H groups in total. The minimum atomic E-state index is -3.09. The van der Waals surface area contributed by atoms with Crippen LogP contribution in [0, 0.1) is 5.92 Å². The standard InChI is InChI=1S/C16H25N3O5S/c1-2-11-3-6-16(7-4-11)14(21)19(15(22)18-16)9-13(20)17-12-5-8-25(23,24)10-12/h11-12H,2-10H2,1H3,(H,17,20)(H,18,22)/t11?,12-,16?/m0/s1. The van der Waals surface area contributed by atoms with E-state index in [1.54, 1.807) is 0 Å². The van der Waals surface area contributed by atoms with E-state index in [1.807, 2.05) is 0 Å². The van der Waals surface area contributed by atoms with E-state index in [0.29, 0.717) is 25.2 Å². The molecule has 2 aliphatic heterocycles. The summed E-state index contributed by atoms with van der Waals surface area (Å²) in [4.78, 5) is 38.0. The topological polar surface area (TPSA) is 113 Å². The first-order valence-corrected chi connectivity index (χ1v) is 10.7. The average Bonchev–Trinajstić information content (AvgIpc) is 3.00. The molecule has 0 aromatic carbocycles. The van der Waals surface area contributed by atoms with Crippen LogP contribution in [0.5, 0.6) is 0 Å². The highest BCUT2D eigenvalue weighted by atomic mass is 32.2. The van der Waals surface area contributed by atoms with E-state index in [0.717, 1.165) is 24.2 Å². The Morgan fingerprint density at radius 1 is 1.28 bits per heavy atom. The first-order valence-electron chi connectivity index (χ1n) is 8.88. The summed E-state index contributed by atoms with van der Waals surface area (Å²) in [5.41, 5.74) is -0.861. The van der Waals surface area contributed by atoms with E-state index in [2.05, 4.69) is 17.6 Å². The summed E-state index contributed by atoms with van der Waals surface area (Å²) in [5.74, 6) is -0.271. The molecule has 2 saturated heterocycles. The van der Waals surface area contributed by atoms with E-state index in [9.17, 15) is 22.8 Å². The van der Waals surface area contributed by atoms with Crippen molar-refractivity contribution in [2.45, 2.75) is 57.0 Å². The third-order valence-electron chi connectivity index (χ3n) is 5.68. The number of hydrogen-bond acceptors (Lipinski definition) is 5. The van der Waals surface area contributed by atoms with Gasteiger partial charge in [-0.05, 0) is 38.0 Å². The van der Waals surface area contributed by atoms with Crippen molar-refractivity contribution in [1.82, 2.24) is 15.5 Å². The summed E-state index contributed by atoms with van der Waals surface area (Å²) in [6, 6.07) is -0.971. The lowest BCUT2D eigenvalue weighted by molar-refractivity contribution is -0.136. The van der Waals surface area contributed by atoms with Crippen LogP contribution in [0.25, 0.3) is 0 Å². The summed E-state index contributed by atoms with van der Waals surface area (Å²) < 4.78 is 22.9. The van der Waals surface area contributed by atoms with Crippen molar-refractivity contribution in [3.8, 4) is 0 Å². The zero-order valence-corrected chi connectivity index (χ0v) is 15.2. The zero-order valence-electron chi connectivity index (χ0n) is 14.4. The number of urea groups is 1. The molecule has 140 valence electrons. The Hall–Kier alpha value is -1.64. The van der Waals surface area contributed by atoms with Crippen LogP contribution in [0.3, 0.4) is 0 Å². The predicted molar refractivity (Wildman–Crippen MR) is 90.4 cm³/mol. The Kier molecular flexibility index (Phi) is 4.78. The van der Waals surface area contributed by atoms with Crippen molar-refractivity contribution in [2.24, 2.45) is 5.92 Å². The van der Waals surface area contributed by atoms with E-state index in [4.69, 9.17) is 0 Å². The van der Waals surface area contributed by atoms with Crippen LogP contribution in [-0.4, -0.2) is 60.8 Å². The van der Waals surface area contributed by atoms with Crippen LogP contribution in [0.2, 0.25) is 0 Å². The molecule has 1 saturated carbocycles. The maximum atomic E-state index is 12.7. The highest BCUT2D eigenvalue weighted by Gasteiger charge is 2.52. The van der Waals surface area contributed by atoms with Gasteiger partial charge in [0.15, 0.2) is 9.84 Å². The Balaban J connectivity index is 1.59. The number of sulfone groups is 1. The van der Waals surface area contributed by atoms with Gasteiger partial charge in [-0.2, -0.15) is 0 Å². The molecule has 3 rings (SSSR count). The van der Waals surface area contributed by atoms with Crippen molar-refractivity contribution >= 4 is 27.7 Å². The fourth-order valence-electron chi connectivity index (χ4n) is 4.06. The molecule has 1 spiro atoms. The fourth-order valence-corrected chi connectivity index (χ4v) is 5.74. The monoisotopic (exact) mass is 371 g/mol. The molecule has 3 aliphatic rings. The summed E-state index contributed by atoms with van der Waals surface area (Å²) in [6.07, 6.45) is 4.43. The minimum Gasteiger partial charge on any atom is -0.351 e. The number of hydrogen-bond donors (Lipinski definition) is 2. The second-order valence-corrected chi connectivity index (χ2v) is 9.65. The highest BCUT2D eigenvalue weighted by molar-refractivity contribution is 7.91. The van der Waals surface area contributed by atoms with Crippen molar-refractivity contribution in [1.29, 1.82) is 0 Å². The highest BCUT2D eigenvalue weighted by Crippen LogP contribution is 2.37. The van der Waals surface area contributed by atoms with Gasteiger partial charge in [0.05, 0.1) is 11.5 Å². The largest absolute Gasteiger partial charge is 0.351 e. The molecular formula is C16H25N3O5S. The summed E-state index contributed by atoms with van der Waals surface area (Å²) >= 11 is 0. The summed E-state index contributed by atoms with van der Waals surface area (Å²) in [5, 5.41) is 5.41. The van der Waals surface area contributed by atoms with Crippen LogP contribution < -0.4 is 10.6 Å². The summed E-state index contributed by atoms with van der Waals surface area (Å²) in [6.45, 7) is 1.76. The Labute approximate surface area is 147 Å². The number of carbonyl (C=O) groups excluding carboxylic acids is 3. The number of carbonyl (C=O) groups is 3. The fraction of sp³-hybridized carbons (Fsp3) is 0.812. The molecule has 0 radical (unpaired) electrons. The first-order chi connectivity index (χ1) is 11.7. The molecule has 1 atom stereocenters. The Morgan fingerprint density at radius 3 is 2.52 bits per heavy atom. The number of nitrogens with one attached hydrogen (secondary N) is 2. The van der Waals surface area contributed by atoms with Gasteiger partial charge >= 0.3 is 6.03 Å². The first kappa shape index (κ1) is 18.2. The van der Waals surface area contributed by atoms with Gasteiger partial charge in [0, 0.05) is 6.04 Å². The van der Waals surface area contributed by atoms with Crippen molar-refractivity contribution in [3.63, 3.8) is 0 Å². The van der Waals surface area contributed by atoms with E-state index in [-0.39, 0.29) is 24.0 Å². The molecule has 2 heterocycles. The van der Waals surface area contributed by atoms with Gasteiger partial charge in [-0.1, -0.05) is 13.3 Å². The second-order valence-electron chi connectivity index (χ2n) is 7.42. The molecular weight excluding hydrogens is 346 g/mol. The lowest BCUT2D eigenvalue weighted by atomic mass is 9.75. The van der Waals surface area contributed by atoms with E-state index in [1.165, 1.54) is 0 Å². The van der Waals surface area contributed by atoms with Crippen LogP contribution in [0.4, 0.5) is 4.79 Å². The van der Waals surface area contributed by atoms with Gasteiger partial charge in [-0.3, -0.25) is 14.5 Å². The molecule has 3 fully saturated rings. The number of nitrogens with zero attached hydrogens (tertiary/aromatic N) is 1. The van der Waals surface area contributed by atoms with Gasteiger partial charge in [0.1, 0.15) is 12.1 Å². The van der Waals surface area contributed by atoms with Gasteiger partial charge in [-0.25, -0.2) is 13.2 Å². The molecule has 4 amide bonds. The minimum absolute atomic E-state index is 0.0583. The smallest absolute Gasteiger partial charge is 0.325 e. The molecule has 0 bridgehead atoms. The Bertz CT molecular complexity index is 682.